The van der Waals surface area contributed by atoms with Gasteiger partial charge >= 0.3 is 0 Å². The van der Waals surface area contributed by atoms with Crippen molar-refractivity contribution in [3.63, 3.8) is 0 Å². The van der Waals surface area contributed by atoms with Crippen LogP contribution in [0.3, 0.4) is 0 Å². The average Bonchev–Trinajstić information content (AvgIpc) is 3.06. The number of amides is 1. The van der Waals surface area contributed by atoms with E-state index in [2.05, 4.69) is 4.98 Å². The third-order valence-electron chi connectivity index (χ3n) is 3.42. The van der Waals surface area contributed by atoms with Gasteiger partial charge in [-0.25, -0.2) is 4.98 Å². The second-order valence-corrected chi connectivity index (χ2v) is 5.52. The van der Waals surface area contributed by atoms with Crippen molar-refractivity contribution in [2.24, 2.45) is 0 Å². The van der Waals surface area contributed by atoms with E-state index in [1.165, 1.54) is 23.1 Å². The van der Waals surface area contributed by atoms with E-state index in [1.807, 2.05) is 0 Å². The molecule has 0 spiro atoms. The summed E-state index contributed by atoms with van der Waals surface area (Å²) in [5.74, 6) is -0.320. The van der Waals surface area contributed by atoms with Crippen LogP contribution in [0.2, 0.25) is 0 Å². The Morgan fingerprint density at radius 3 is 2.43 bits per heavy atom. The number of carbonyl (C=O) groups excluding carboxylic acids is 1. The van der Waals surface area contributed by atoms with E-state index in [1.54, 1.807) is 14.1 Å². The minimum Gasteiger partial charge on any atom is -0.348 e. The van der Waals surface area contributed by atoms with Gasteiger partial charge in [-0.05, 0) is 25.5 Å². The lowest BCUT2D eigenvalue weighted by atomic mass is 10.1. The number of carbonyl (C=O) groups is 1. The summed E-state index contributed by atoms with van der Waals surface area (Å²) >= 11 is 0. The van der Waals surface area contributed by atoms with Crippen LogP contribution in [0.15, 0.2) is 42.4 Å². The van der Waals surface area contributed by atoms with E-state index in [-0.39, 0.29) is 88.5 Å². The van der Waals surface area contributed by atoms with Gasteiger partial charge in [-0.3, -0.25) is 4.79 Å². The molecule has 0 aliphatic rings. The molecule has 4 nitrogen and oxygen atoms in total. The number of imidazole rings is 1. The number of likely N-dealkylation sites (N-methyl/N-ethyl adjacent to an activating group) is 1. The summed E-state index contributed by atoms with van der Waals surface area (Å²) in [5, 5.41) is 0. The zero-order valence-corrected chi connectivity index (χ0v) is 13.5. The lowest BCUT2D eigenvalue weighted by Gasteiger charge is -2.11. The highest BCUT2D eigenvalue weighted by Gasteiger charge is 2.18. The molecule has 0 radical (unpaired) electrons. The van der Waals surface area contributed by atoms with Gasteiger partial charge in [0, 0.05) is 25.8 Å². The summed E-state index contributed by atoms with van der Waals surface area (Å²) in [6, 6.07) is -1.47. The number of rotatable bonds is 3. The van der Waals surface area contributed by atoms with Gasteiger partial charge in [0.15, 0.2) is 0 Å². The molecule has 23 heavy (non-hydrogen) atoms. The van der Waals surface area contributed by atoms with Gasteiger partial charge in [-0.2, -0.15) is 0 Å². The molecule has 0 N–H and O–H groups in total. The van der Waals surface area contributed by atoms with Crippen LogP contribution in [0.4, 0.5) is 0 Å². The molecule has 0 atom stereocenters. The maximum atomic E-state index is 12.5. The van der Waals surface area contributed by atoms with Crippen LogP contribution in [0.25, 0.3) is 16.9 Å². The first-order valence-electron chi connectivity index (χ1n) is 10.6. The number of pyridine rings is 1. The molecule has 2 heterocycles. The van der Waals surface area contributed by atoms with Crippen molar-refractivity contribution in [1.29, 1.82) is 0 Å². The molecule has 3 aromatic rings. The Morgan fingerprint density at radius 1 is 1.13 bits per heavy atom. The van der Waals surface area contributed by atoms with Crippen molar-refractivity contribution >= 4 is 11.6 Å². The molecule has 0 bridgehead atoms. The normalized spacial score (nSPS) is 15.2. The monoisotopic (exact) mass is 314 g/mol. The van der Waals surface area contributed by atoms with Gasteiger partial charge in [-0.15, -0.1) is 0 Å². The SMILES string of the molecule is [2H]c1c([2H])c(-c2nc3c([2H])c([2H])c(C)c([2H])n3c2CC(=O)N(C)C)c([2H])c([2H])c1C. The third-order valence-corrected chi connectivity index (χ3v) is 3.42. The van der Waals surface area contributed by atoms with Gasteiger partial charge in [0.25, 0.3) is 0 Å². The summed E-state index contributed by atoms with van der Waals surface area (Å²) in [5.41, 5.74) is 0.492. The second-order valence-electron chi connectivity index (χ2n) is 5.52. The highest BCUT2D eigenvalue weighted by atomic mass is 16.2. The largest absolute Gasteiger partial charge is 0.348 e. The average molecular weight is 314 g/mol. The van der Waals surface area contributed by atoms with Gasteiger partial charge in [-0.1, -0.05) is 35.8 Å². The standard InChI is InChI=1S/C19H21N3O/c1-13-5-8-15(9-6-13)19-16(11-18(23)21(3)4)22-12-14(2)7-10-17(22)20-19/h5-10,12H,11H2,1-4H3/i5D,6D,7D,8D,9D,10D,12D. The van der Waals surface area contributed by atoms with Gasteiger partial charge in [0.05, 0.1) is 27.4 Å². The Balaban J connectivity index is 2.52. The maximum absolute atomic E-state index is 12.5. The molecule has 0 saturated carbocycles. The van der Waals surface area contributed by atoms with Crippen molar-refractivity contribution in [3.8, 4) is 11.3 Å². The number of hydrogen-bond donors (Lipinski definition) is 0. The van der Waals surface area contributed by atoms with Crippen molar-refractivity contribution in [2.75, 3.05) is 14.1 Å². The van der Waals surface area contributed by atoms with Crippen LogP contribution in [0.1, 0.15) is 26.4 Å². The Labute approximate surface area is 146 Å². The zero-order valence-electron chi connectivity index (χ0n) is 20.5. The summed E-state index contributed by atoms with van der Waals surface area (Å²) in [6.07, 6.45) is -0.340. The van der Waals surface area contributed by atoms with Crippen molar-refractivity contribution in [3.05, 3.63) is 59.2 Å². The van der Waals surface area contributed by atoms with E-state index in [0.717, 1.165) is 0 Å². The Bertz CT molecular complexity index is 1190. The third kappa shape index (κ3) is 2.97. The predicted molar refractivity (Wildman–Crippen MR) is 92.5 cm³/mol. The van der Waals surface area contributed by atoms with Crippen molar-refractivity contribution < 1.29 is 14.4 Å². The van der Waals surface area contributed by atoms with Gasteiger partial charge in [0.2, 0.25) is 5.91 Å². The van der Waals surface area contributed by atoms with Crippen LogP contribution in [0.5, 0.6) is 0 Å². The number of benzene rings is 1. The fraction of sp³-hybridized carbons (Fsp3) is 0.263. The minimum absolute atomic E-state index is 0.00852. The van der Waals surface area contributed by atoms with Crippen molar-refractivity contribution in [1.82, 2.24) is 14.3 Å². The maximum Gasteiger partial charge on any atom is 0.228 e. The van der Waals surface area contributed by atoms with Crippen LogP contribution in [0, 0.1) is 13.8 Å². The molecule has 0 aliphatic carbocycles. The first-order chi connectivity index (χ1) is 13.9. The first-order valence-corrected chi connectivity index (χ1v) is 7.15. The summed E-state index contributed by atoms with van der Waals surface area (Å²) < 4.78 is 59.1. The molecule has 3 rings (SSSR count). The fourth-order valence-corrected chi connectivity index (χ4v) is 2.16. The first kappa shape index (κ1) is 8.87. The Morgan fingerprint density at radius 2 is 1.78 bits per heavy atom. The molecule has 0 unspecified atom stereocenters. The molecule has 118 valence electrons. The van der Waals surface area contributed by atoms with E-state index in [4.69, 9.17) is 9.60 Å². The summed E-state index contributed by atoms with van der Waals surface area (Å²) in [4.78, 5) is 18.2. The molecule has 2 aromatic heterocycles. The van der Waals surface area contributed by atoms with E-state index in [9.17, 15) is 4.79 Å². The highest BCUT2D eigenvalue weighted by Crippen LogP contribution is 2.26. The number of fused-ring (bicyclic) bond motifs is 1. The molecular formula is C19H21N3O. The topological polar surface area (TPSA) is 37.6 Å². The fourth-order valence-electron chi connectivity index (χ4n) is 2.16. The van der Waals surface area contributed by atoms with Gasteiger partial charge < -0.3 is 9.30 Å². The lowest BCUT2D eigenvalue weighted by molar-refractivity contribution is -0.128. The zero-order chi connectivity index (χ0) is 22.7. The molecule has 0 saturated heterocycles. The molecular weight excluding hydrogens is 286 g/mol. The van der Waals surface area contributed by atoms with Crippen LogP contribution >= 0.6 is 0 Å². The number of aromatic nitrogens is 2. The van der Waals surface area contributed by atoms with Crippen LogP contribution in [-0.2, 0) is 11.2 Å². The molecule has 0 fully saturated rings. The number of hydrogen-bond acceptors (Lipinski definition) is 2. The number of nitrogens with zero attached hydrogens (tertiary/aromatic N) is 3. The molecule has 1 aromatic carbocycles. The smallest absolute Gasteiger partial charge is 0.228 e. The quantitative estimate of drug-likeness (QED) is 0.744. The Hall–Kier alpha value is -2.62. The van der Waals surface area contributed by atoms with E-state index in [0.29, 0.717) is 0 Å². The van der Waals surface area contributed by atoms with Crippen molar-refractivity contribution in [2.45, 2.75) is 20.3 Å². The van der Waals surface area contributed by atoms with E-state index >= 15 is 0 Å². The Kier molecular flexibility index (Phi) is 2.27. The van der Waals surface area contributed by atoms with E-state index < -0.39 is 0 Å². The summed E-state index contributed by atoms with van der Waals surface area (Å²) in [7, 11) is 3.13. The predicted octanol–water partition coefficient (Wildman–Crippen LogP) is 3.25. The van der Waals surface area contributed by atoms with Crippen LogP contribution < -0.4 is 0 Å². The van der Waals surface area contributed by atoms with Crippen LogP contribution in [-0.4, -0.2) is 34.3 Å². The molecule has 4 heteroatoms. The van der Waals surface area contributed by atoms with Gasteiger partial charge in [0.1, 0.15) is 5.65 Å². The minimum atomic E-state index is -0.320. The lowest BCUT2D eigenvalue weighted by Crippen LogP contribution is -2.24. The molecule has 1 amide bonds. The highest BCUT2D eigenvalue weighted by molar-refractivity contribution is 5.81. The molecule has 0 aliphatic heterocycles. The summed E-state index contributed by atoms with van der Waals surface area (Å²) in [6.45, 7) is 3.02. The second kappa shape index (κ2) is 5.88.